The number of halogens is 2. The van der Waals surface area contributed by atoms with Crippen molar-refractivity contribution >= 4 is 28.8 Å². The van der Waals surface area contributed by atoms with Crippen LogP contribution in [0, 0.1) is 5.82 Å². The summed E-state index contributed by atoms with van der Waals surface area (Å²) in [5.74, 6) is -0.369. The second kappa shape index (κ2) is 7.26. The van der Waals surface area contributed by atoms with Gasteiger partial charge in [0.1, 0.15) is 11.6 Å². The van der Waals surface area contributed by atoms with Gasteiger partial charge in [-0.1, -0.05) is 17.7 Å². The Bertz CT molecular complexity index is 575. The van der Waals surface area contributed by atoms with Gasteiger partial charge in [0, 0.05) is 17.5 Å². The van der Waals surface area contributed by atoms with Crippen LogP contribution >= 0.6 is 22.9 Å². The highest BCUT2D eigenvalue weighted by molar-refractivity contribution is 7.09. The van der Waals surface area contributed by atoms with Gasteiger partial charge in [-0.2, -0.15) is 0 Å². The molecule has 0 unspecified atom stereocenters. The van der Waals surface area contributed by atoms with E-state index in [-0.39, 0.29) is 17.5 Å². The largest absolute Gasteiger partial charge is 0.484 e. The Morgan fingerprint density at radius 2 is 2.25 bits per heavy atom. The summed E-state index contributed by atoms with van der Waals surface area (Å²) in [7, 11) is 0. The maximum absolute atomic E-state index is 12.9. The molecule has 6 heteroatoms. The van der Waals surface area contributed by atoms with Crippen molar-refractivity contribution in [2.24, 2.45) is 0 Å². The normalized spacial score (nSPS) is 10.3. The number of benzene rings is 1. The second-order valence-electron chi connectivity index (χ2n) is 4.04. The molecular formula is C14H13ClFNO2S. The number of hydrogen-bond donors (Lipinski definition) is 1. The van der Waals surface area contributed by atoms with Crippen molar-refractivity contribution in [3.05, 3.63) is 51.4 Å². The minimum Gasteiger partial charge on any atom is -0.484 e. The molecule has 106 valence electrons. The van der Waals surface area contributed by atoms with Crippen LogP contribution in [0.5, 0.6) is 5.75 Å². The molecule has 2 aromatic rings. The molecule has 2 rings (SSSR count). The first-order chi connectivity index (χ1) is 9.65. The van der Waals surface area contributed by atoms with Crippen LogP contribution in [0.4, 0.5) is 4.39 Å². The minimum absolute atomic E-state index is 0.0272. The van der Waals surface area contributed by atoms with E-state index in [9.17, 15) is 9.18 Å². The van der Waals surface area contributed by atoms with E-state index in [0.29, 0.717) is 12.3 Å². The van der Waals surface area contributed by atoms with Crippen molar-refractivity contribution in [1.82, 2.24) is 5.32 Å². The van der Waals surface area contributed by atoms with Crippen molar-refractivity contribution < 1.29 is 13.9 Å². The molecule has 0 atom stereocenters. The summed E-state index contributed by atoms with van der Waals surface area (Å²) < 4.78 is 18.2. The maximum atomic E-state index is 12.9. The van der Waals surface area contributed by atoms with Gasteiger partial charge in [0.15, 0.2) is 6.61 Å². The third kappa shape index (κ3) is 4.51. The second-order valence-corrected chi connectivity index (χ2v) is 5.48. The fourth-order valence-corrected chi connectivity index (χ4v) is 2.43. The number of nitrogens with one attached hydrogen (secondary N) is 1. The van der Waals surface area contributed by atoms with Gasteiger partial charge in [0.2, 0.25) is 0 Å². The molecule has 0 bridgehead atoms. The van der Waals surface area contributed by atoms with Crippen LogP contribution < -0.4 is 10.1 Å². The Balaban J connectivity index is 1.70. The Morgan fingerprint density at radius 1 is 1.40 bits per heavy atom. The summed E-state index contributed by atoms with van der Waals surface area (Å²) in [5.41, 5.74) is 0. The molecule has 1 amide bonds. The first kappa shape index (κ1) is 14.8. The van der Waals surface area contributed by atoms with Crippen LogP contribution in [0.2, 0.25) is 5.02 Å². The van der Waals surface area contributed by atoms with Crippen molar-refractivity contribution in [3.63, 3.8) is 0 Å². The standard InChI is InChI=1S/C14H13ClFNO2S/c15-12-8-10(3-4-13(12)16)19-9-14(18)17-6-5-11-2-1-7-20-11/h1-4,7-8H,5-6,9H2,(H,17,18). The number of ether oxygens (including phenoxy) is 1. The number of thiophene rings is 1. The molecule has 1 N–H and O–H groups in total. The molecule has 0 aliphatic heterocycles. The number of rotatable bonds is 6. The van der Waals surface area contributed by atoms with E-state index in [1.807, 2.05) is 17.5 Å². The van der Waals surface area contributed by atoms with Gasteiger partial charge in [-0.25, -0.2) is 4.39 Å². The van der Waals surface area contributed by atoms with Gasteiger partial charge in [0.25, 0.3) is 5.91 Å². The Hall–Kier alpha value is -1.59. The van der Waals surface area contributed by atoms with Crippen molar-refractivity contribution in [1.29, 1.82) is 0 Å². The number of hydrogen-bond acceptors (Lipinski definition) is 3. The molecule has 1 aromatic carbocycles. The quantitative estimate of drug-likeness (QED) is 0.889. The van der Waals surface area contributed by atoms with E-state index in [1.54, 1.807) is 11.3 Å². The van der Waals surface area contributed by atoms with E-state index >= 15 is 0 Å². The zero-order valence-corrected chi connectivity index (χ0v) is 12.1. The third-order valence-electron chi connectivity index (χ3n) is 2.53. The van der Waals surface area contributed by atoms with Gasteiger partial charge in [-0.05, 0) is 30.0 Å². The molecule has 20 heavy (non-hydrogen) atoms. The van der Waals surface area contributed by atoms with Crippen molar-refractivity contribution in [2.45, 2.75) is 6.42 Å². The summed E-state index contributed by atoms with van der Waals surface area (Å²) in [6, 6.07) is 7.97. The van der Waals surface area contributed by atoms with Crippen LogP contribution in [0.15, 0.2) is 35.7 Å². The summed E-state index contributed by atoms with van der Waals surface area (Å²) >= 11 is 7.27. The van der Waals surface area contributed by atoms with Gasteiger partial charge in [0.05, 0.1) is 5.02 Å². The smallest absolute Gasteiger partial charge is 0.257 e. The van der Waals surface area contributed by atoms with E-state index in [0.717, 1.165) is 6.42 Å². The molecule has 1 heterocycles. The first-order valence-corrected chi connectivity index (χ1v) is 7.28. The SMILES string of the molecule is O=C(COc1ccc(F)c(Cl)c1)NCCc1cccs1. The average Bonchev–Trinajstić information content (AvgIpc) is 2.93. The zero-order chi connectivity index (χ0) is 14.4. The number of carbonyl (C=O) groups is 1. The molecule has 0 aliphatic rings. The summed E-state index contributed by atoms with van der Waals surface area (Å²) in [5, 5.41) is 4.72. The summed E-state index contributed by atoms with van der Waals surface area (Å²) in [6.07, 6.45) is 0.797. The Morgan fingerprint density at radius 3 is 2.95 bits per heavy atom. The van der Waals surface area contributed by atoms with Gasteiger partial charge < -0.3 is 10.1 Å². The lowest BCUT2D eigenvalue weighted by Crippen LogP contribution is -2.30. The van der Waals surface area contributed by atoms with Crippen LogP contribution in [0.25, 0.3) is 0 Å². The molecule has 0 aliphatic carbocycles. The number of carbonyl (C=O) groups excluding carboxylic acids is 1. The van der Waals surface area contributed by atoms with E-state index in [1.165, 1.54) is 23.1 Å². The molecule has 0 radical (unpaired) electrons. The van der Waals surface area contributed by atoms with Crippen molar-refractivity contribution in [3.8, 4) is 5.75 Å². The fraction of sp³-hybridized carbons (Fsp3) is 0.214. The highest BCUT2D eigenvalue weighted by Gasteiger charge is 2.05. The molecule has 3 nitrogen and oxygen atoms in total. The molecular weight excluding hydrogens is 301 g/mol. The van der Waals surface area contributed by atoms with Gasteiger partial charge in [-0.3, -0.25) is 4.79 Å². The molecule has 0 fully saturated rings. The molecule has 1 aromatic heterocycles. The highest BCUT2D eigenvalue weighted by atomic mass is 35.5. The minimum atomic E-state index is -0.514. The topological polar surface area (TPSA) is 38.3 Å². The van der Waals surface area contributed by atoms with E-state index in [2.05, 4.69) is 5.32 Å². The van der Waals surface area contributed by atoms with E-state index in [4.69, 9.17) is 16.3 Å². The predicted molar refractivity (Wildman–Crippen MR) is 77.9 cm³/mol. The maximum Gasteiger partial charge on any atom is 0.257 e. The van der Waals surface area contributed by atoms with Crippen LogP contribution in [0.3, 0.4) is 0 Å². The monoisotopic (exact) mass is 313 g/mol. The molecule has 0 saturated heterocycles. The van der Waals surface area contributed by atoms with Crippen LogP contribution in [-0.4, -0.2) is 19.1 Å². The lowest BCUT2D eigenvalue weighted by molar-refractivity contribution is -0.123. The molecule has 0 saturated carbocycles. The van der Waals surface area contributed by atoms with E-state index < -0.39 is 5.82 Å². The lowest BCUT2D eigenvalue weighted by Gasteiger charge is -2.07. The lowest BCUT2D eigenvalue weighted by atomic mass is 10.3. The Kier molecular flexibility index (Phi) is 5.38. The van der Waals surface area contributed by atoms with Gasteiger partial charge in [-0.15, -0.1) is 11.3 Å². The predicted octanol–water partition coefficient (Wildman–Crippen LogP) is 3.28. The molecule has 0 spiro atoms. The van der Waals surface area contributed by atoms with Gasteiger partial charge >= 0.3 is 0 Å². The van der Waals surface area contributed by atoms with Crippen molar-refractivity contribution in [2.75, 3.05) is 13.2 Å². The van der Waals surface area contributed by atoms with Crippen LogP contribution in [0.1, 0.15) is 4.88 Å². The fourth-order valence-electron chi connectivity index (χ4n) is 1.55. The third-order valence-corrected chi connectivity index (χ3v) is 3.76. The summed E-state index contributed by atoms with van der Waals surface area (Å²) in [6.45, 7) is 0.444. The van der Waals surface area contributed by atoms with Crippen LogP contribution in [-0.2, 0) is 11.2 Å². The summed E-state index contributed by atoms with van der Waals surface area (Å²) in [4.78, 5) is 12.8. The highest BCUT2D eigenvalue weighted by Crippen LogP contribution is 2.20. The average molecular weight is 314 g/mol. The Labute approximate surface area is 125 Å². The zero-order valence-electron chi connectivity index (χ0n) is 10.6. The first-order valence-electron chi connectivity index (χ1n) is 6.02. The number of amides is 1.